The Hall–Kier alpha value is -7.82. The number of rotatable bonds is 8. The van der Waals surface area contributed by atoms with Crippen LogP contribution in [0.2, 0.25) is 0 Å². The predicted molar refractivity (Wildman–Crippen MR) is 239 cm³/mol. The predicted octanol–water partition coefficient (Wildman–Crippen LogP) is 13.8. The SMILES string of the molecule is c1ccc(-c2cc(-c3cccc(-c4cccc(-c5nc(-c6ccccc6)nc(-c6ccccc6)n5)c4)c3)cc(-c3ccc(-c4ccc5ccccc5c4)cc3)n2)cc1. The zero-order valence-electron chi connectivity index (χ0n) is 31.6. The van der Waals surface area contributed by atoms with Crippen molar-refractivity contribution in [2.75, 3.05) is 0 Å². The normalized spacial score (nSPS) is 11.1. The van der Waals surface area contributed by atoms with Crippen LogP contribution in [-0.2, 0) is 0 Å². The van der Waals surface area contributed by atoms with Crippen LogP contribution in [0.1, 0.15) is 0 Å². The van der Waals surface area contributed by atoms with Gasteiger partial charge in [0.15, 0.2) is 17.5 Å². The van der Waals surface area contributed by atoms with Gasteiger partial charge in [0.25, 0.3) is 0 Å². The van der Waals surface area contributed by atoms with E-state index in [0.29, 0.717) is 17.5 Å². The molecule has 0 saturated heterocycles. The molecule has 0 N–H and O–H groups in total. The fraction of sp³-hybridized carbons (Fsp3) is 0. The molecule has 0 fully saturated rings. The first-order chi connectivity index (χ1) is 28.7. The summed E-state index contributed by atoms with van der Waals surface area (Å²) in [5, 5.41) is 2.48. The summed E-state index contributed by atoms with van der Waals surface area (Å²) in [5.41, 5.74) is 13.5. The molecule has 0 saturated carbocycles. The van der Waals surface area contributed by atoms with Gasteiger partial charge in [-0.2, -0.15) is 0 Å². The summed E-state index contributed by atoms with van der Waals surface area (Å²) in [7, 11) is 0. The molecule has 2 aromatic heterocycles. The number of aromatic nitrogens is 4. The number of nitrogens with zero attached hydrogens (tertiary/aromatic N) is 4. The molecule has 2 heterocycles. The van der Waals surface area contributed by atoms with Crippen LogP contribution in [-0.4, -0.2) is 19.9 Å². The lowest BCUT2D eigenvalue weighted by Gasteiger charge is -2.13. The average molecular weight is 741 g/mol. The molecule has 0 atom stereocenters. The van der Waals surface area contributed by atoms with E-state index >= 15 is 0 Å². The van der Waals surface area contributed by atoms with Crippen molar-refractivity contribution in [3.8, 4) is 90.1 Å². The summed E-state index contributed by atoms with van der Waals surface area (Å²) in [6.07, 6.45) is 0. The number of hydrogen-bond acceptors (Lipinski definition) is 4. The smallest absolute Gasteiger partial charge is 0.164 e. The van der Waals surface area contributed by atoms with Gasteiger partial charge >= 0.3 is 0 Å². The van der Waals surface area contributed by atoms with E-state index in [4.69, 9.17) is 19.9 Å². The van der Waals surface area contributed by atoms with Gasteiger partial charge in [0.2, 0.25) is 0 Å². The van der Waals surface area contributed by atoms with Gasteiger partial charge < -0.3 is 0 Å². The summed E-state index contributed by atoms with van der Waals surface area (Å²) in [4.78, 5) is 20.1. The van der Waals surface area contributed by atoms with Crippen LogP contribution >= 0.6 is 0 Å². The van der Waals surface area contributed by atoms with Crippen molar-refractivity contribution < 1.29 is 0 Å². The third-order valence-electron chi connectivity index (χ3n) is 10.5. The van der Waals surface area contributed by atoms with Gasteiger partial charge in [0.05, 0.1) is 11.4 Å². The lowest BCUT2D eigenvalue weighted by molar-refractivity contribution is 1.07. The maximum atomic E-state index is 5.21. The van der Waals surface area contributed by atoms with Gasteiger partial charge in [0, 0.05) is 27.8 Å². The summed E-state index contributed by atoms with van der Waals surface area (Å²) >= 11 is 0. The van der Waals surface area contributed by atoms with E-state index in [1.165, 1.54) is 21.9 Å². The molecule has 0 aliphatic heterocycles. The Bertz CT molecular complexity index is 2980. The zero-order valence-corrected chi connectivity index (χ0v) is 31.6. The second-order valence-corrected chi connectivity index (χ2v) is 14.3. The van der Waals surface area contributed by atoms with E-state index in [0.717, 1.165) is 61.5 Å². The van der Waals surface area contributed by atoms with Crippen molar-refractivity contribution in [2.24, 2.45) is 0 Å². The average Bonchev–Trinajstić information content (AvgIpc) is 3.32. The number of fused-ring (bicyclic) bond motifs is 1. The molecule has 0 amide bonds. The molecule has 0 aliphatic carbocycles. The van der Waals surface area contributed by atoms with Gasteiger partial charge in [-0.3, -0.25) is 0 Å². The lowest BCUT2D eigenvalue weighted by Crippen LogP contribution is -2.00. The van der Waals surface area contributed by atoms with Crippen molar-refractivity contribution >= 4 is 10.8 Å². The van der Waals surface area contributed by atoms with Crippen LogP contribution in [0.15, 0.2) is 218 Å². The molecule has 0 radical (unpaired) electrons. The topological polar surface area (TPSA) is 51.6 Å². The number of pyridine rings is 1. The highest BCUT2D eigenvalue weighted by molar-refractivity contribution is 5.88. The van der Waals surface area contributed by atoms with E-state index in [9.17, 15) is 0 Å². The van der Waals surface area contributed by atoms with Gasteiger partial charge in [0.1, 0.15) is 0 Å². The second-order valence-electron chi connectivity index (χ2n) is 14.3. The van der Waals surface area contributed by atoms with E-state index in [2.05, 4.69) is 152 Å². The quantitative estimate of drug-likeness (QED) is 0.156. The fourth-order valence-corrected chi connectivity index (χ4v) is 7.46. The van der Waals surface area contributed by atoms with Gasteiger partial charge in [-0.1, -0.05) is 188 Å². The fourth-order valence-electron chi connectivity index (χ4n) is 7.46. The molecular weight excluding hydrogens is 705 g/mol. The van der Waals surface area contributed by atoms with Crippen molar-refractivity contribution in [2.45, 2.75) is 0 Å². The highest BCUT2D eigenvalue weighted by Crippen LogP contribution is 2.35. The molecule has 4 nitrogen and oxygen atoms in total. The Morgan fingerprint density at radius 2 is 0.569 bits per heavy atom. The third kappa shape index (κ3) is 7.18. The monoisotopic (exact) mass is 740 g/mol. The highest BCUT2D eigenvalue weighted by atomic mass is 15.0. The highest BCUT2D eigenvalue weighted by Gasteiger charge is 2.14. The van der Waals surface area contributed by atoms with Crippen LogP contribution in [0, 0.1) is 0 Å². The van der Waals surface area contributed by atoms with Crippen molar-refractivity contribution in [1.29, 1.82) is 0 Å². The summed E-state index contributed by atoms with van der Waals surface area (Å²) in [6, 6.07) is 76.0. The Labute approximate surface area is 337 Å². The van der Waals surface area contributed by atoms with Gasteiger partial charge in [-0.05, 0) is 74.5 Å². The first kappa shape index (κ1) is 34.7. The largest absolute Gasteiger partial charge is 0.248 e. The van der Waals surface area contributed by atoms with Gasteiger partial charge in [-0.15, -0.1) is 0 Å². The van der Waals surface area contributed by atoms with Crippen LogP contribution in [0.4, 0.5) is 0 Å². The first-order valence-electron chi connectivity index (χ1n) is 19.5. The van der Waals surface area contributed by atoms with Crippen molar-refractivity contribution in [3.63, 3.8) is 0 Å². The molecule has 0 bridgehead atoms. The van der Waals surface area contributed by atoms with E-state index < -0.39 is 0 Å². The minimum Gasteiger partial charge on any atom is -0.248 e. The minimum absolute atomic E-state index is 0.628. The van der Waals surface area contributed by atoms with E-state index in [-0.39, 0.29) is 0 Å². The first-order valence-corrected chi connectivity index (χ1v) is 19.5. The Kier molecular flexibility index (Phi) is 9.18. The molecule has 4 heteroatoms. The van der Waals surface area contributed by atoms with Gasteiger partial charge in [-0.25, -0.2) is 19.9 Å². The molecule has 272 valence electrons. The van der Waals surface area contributed by atoms with Crippen molar-refractivity contribution in [1.82, 2.24) is 19.9 Å². The third-order valence-corrected chi connectivity index (χ3v) is 10.5. The minimum atomic E-state index is 0.628. The van der Waals surface area contributed by atoms with Crippen LogP contribution in [0.25, 0.3) is 101 Å². The maximum Gasteiger partial charge on any atom is 0.164 e. The molecule has 10 aromatic rings. The Balaban J connectivity index is 1.02. The zero-order chi connectivity index (χ0) is 38.7. The maximum absolute atomic E-state index is 5.21. The summed E-state index contributed by atoms with van der Waals surface area (Å²) in [6.45, 7) is 0. The Morgan fingerprint density at radius 3 is 1.16 bits per heavy atom. The lowest BCUT2D eigenvalue weighted by atomic mass is 9.95. The number of benzene rings is 8. The standard InChI is InChI=1S/C54H36N4/c1-4-15-39(16-5-1)50-35-49(36-51(55-50)40-29-26-38(27-30-40)47-31-28-37-14-10-11-21-43(37)32-47)46-24-12-22-44(33-46)45-23-13-25-48(34-45)54-57-52(41-17-6-2-7-18-41)56-53(58-54)42-19-8-3-9-20-42/h1-36H. The van der Waals surface area contributed by atoms with Crippen LogP contribution in [0.3, 0.4) is 0 Å². The van der Waals surface area contributed by atoms with Crippen molar-refractivity contribution in [3.05, 3.63) is 218 Å². The van der Waals surface area contributed by atoms with Crippen LogP contribution in [0.5, 0.6) is 0 Å². The molecule has 0 unspecified atom stereocenters. The van der Waals surface area contributed by atoms with Crippen LogP contribution < -0.4 is 0 Å². The molecular formula is C54H36N4. The second kappa shape index (κ2) is 15.4. The molecule has 0 aliphatic rings. The molecule has 58 heavy (non-hydrogen) atoms. The number of hydrogen-bond donors (Lipinski definition) is 0. The summed E-state index contributed by atoms with van der Waals surface area (Å²) in [5.74, 6) is 1.91. The van der Waals surface area contributed by atoms with E-state index in [1.807, 2.05) is 66.7 Å². The Morgan fingerprint density at radius 1 is 0.190 bits per heavy atom. The molecule has 0 spiro atoms. The van der Waals surface area contributed by atoms with E-state index in [1.54, 1.807) is 0 Å². The summed E-state index contributed by atoms with van der Waals surface area (Å²) < 4.78 is 0. The molecule has 8 aromatic carbocycles. The molecule has 10 rings (SSSR count).